The fourth-order valence-electron chi connectivity index (χ4n) is 9.73. The van der Waals surface area contributed by atoms with Crippen molar-refractivity contribution < 1.29 is 37.8 Å². The van der Waals surface area contributed by atoms with E-state index in [9.17, 15) is 28.4 Å². The van der Waals surface area contributed by atoms with E-state index in [0.29, 0.717) is 64.9 Å². The van der Waals surface area contributed by atoms with E-state index in [1.807, 2.05) is 18.2 Å². The van der Waals surface area contributed by atoms with E-state index >= 15 is 0 Å². The highest BCUT2D eigenvalue weighted by Crippen LogP contribution is 2.48. The third-order valence-electron chi connectivity index (χ3n) is 13.8. The van der Waals surface area contributed by atoms with Crippen molar-refractivity contribution in [1.29, 1.82) is 0 Å². The standard InChI is InChI=1S/C51H51FN8O7/c1-31-14-22-60(50(65)54-31)45-46(61)38-12-9-36(27-39(38)47(45)62)58-25-23-57(24-26-58)30-32-15-20-59(21-16-32)42-29-41-40(28-44(42)66-2)43(13-19-53-41)67-37-10-7-35(8-11-37)56-49(64)51(17-18-51)48(63)55-34-5-3-33(52)4-6-34/h3-13,19,27-29,32,45H,1,14-18,20-26,30H2,2H3,(H,54,65)(H,55,63)(H,56,64). The number of piperazine rings is 1. The summed E-state index contributed by atoms with van der Waals surface area (Å²) in [7, 11) is 1.67. The number of Topliss-reactive ketones (excluding diaryl/α,β-unsaturated/α-hetero) is 2. The lowest BCUT2D eigenvalue weighted by atomic mass is 9.95. The molecule has 2 aliphatic carbocycles. The van der Waals surface area contributed by atoms with Gasteiger partial charge in [-0.15, -0.1) is 0 Å². The zero-order valence-electron chi connectivity index (χ0n) is 37.2. The molecule has 5 aromatic rings. The van der Waals surface area contributed by atoms with E-state index < -0.39 is 35.1 Å². The van der Waals surface area contributed by atoms with Gasteiger partial charge in [0.1, 0.15) is 28.5 Å². The number of hydrogen-bond donors (Lipinski definition) is 3. The summed E-state index contributed by atoms with van der Waals surface area (Å²) in [5, 5.41) is 9.04. The molecule has 3 aliphatic heterocycles. The molecule has 4 fully saturated rings. The van der Waals surface area contributed by atoms with Gasteiger partial charge in [0.05, 0.1) is 18.3 Å². The van der Waals surface area contributed by atoms with Crippen LogP contribution in [0.5, 0.6) is 17.2 Å². The number of urea groups is 1. The highest BCUT2D eigenvalue weighted by Gasteiger charge is 2.56. The molecular formula is C51H51FN8O7. The number of hydrogen-bond acceptors (Lipinski definition) is 11. The largest absolute Gasteiger partial charge is 0.495 e. The summed E-state index contributed by atoms with van der Waals surface area (Å²) in [5.74, 6) is 0.542. The Hall–Kier alpha value is -7.33. The molecule has 4 amide bonds. The summed E-state index contributed by atoms with van der Waals surface area (Å²) in [6.07, 6.45) is 5.12. The minimum Gasteiger partial charge on any atom is -0.495 e. The second kappa shape index (κ2) is 17.8. The molecule has 4 aromatic carbocycles. The maximum atomic E-state index is 13.5. The highest BCUT2D eigenvalue weighted by atomic mass is 19.1. The summed E-state index contributed by atoms with van der Waals surface area (Å²) in [6.45, 7) is 10.2. The van der Waals surface area contributed by atoms with Crippen molar-refractivity contribution in [3.05, 3.63) is 120 Å². The van der Waals surface area contributed by atoms with Gasteiger partial charge >= 0.3 is 6.03 Å². The Morgan fingerprint density at radius 1 is 0.791 bits per heavy atom. The normalized spacial score (nSPS) is 19.6. The molecule has 16 heteroatoms. The fourth-order valence-corrected chi connectivity index (χ4v) is 9.73. The Kier molecular flexibility index (Phi) is 11.6. The molecule has 67 heavy (non-hydrogen) atoms. The molecule has 1 aromatic heterocycles. The maximum absolute atomic E-state index is 13.5. The van der Waals surface area contributed by atoms with Gasteiger partial charge in [-0.25, -0.2) is 9.18 Å². The number of ether oxygens (including phenoxy) is 2. The van der Waals surface area contributed by atoms with Crippen LogP contribution in [0.2, 0.25) is 0 Å². The van der Waals surface area contributed by atoms with Crippen LogP contribution in [-0.2, 0) is 9.59 Å². The molecule has 4 heterocycles. The topological polar surface area (TPSA) is 166 Å². The Morgan fingerprint density at radius 3 is 2.12 bits per heavy atom. The van der Waals surface area contributed by atoms with E-state index in [0.717, 1.165) is 86.7 Å². The smallest absolute Gasteiger partial charge is 0.322 e. The summed E-state index contributed by atoms with van der Waals surface area (Å²) in [5.41, 5.74) is 3.79. The maximum Gasteiger partial charge on any atom is 0.322 e. The van der Waals surface area contributed by atoms with Crippen LogP contribution in [0.15, 0.2) is 103 Å². The predicted molar refractivity (Wildman–Crippen MR) is 252 cm³/mol. The first-order chi connectivity index (χ1) is 32.5. The van der Waals surface area contributed by atoms with Crippen LogP contribution in [0, 0.1) is 17.2 Å². The van der Waals surface area contributed by atoms with E-state index in [2.05, 4.69) is 48.3 Å². The van der Waals surface area contributed by atoms with Gasteiger partial charge < -0.3 is 40.1 Å². The molecule has 344 valence electrons. The lowest BCUT2D eigenvalue weighted by molar-refractivity contribution is -0.131. The summed E-state index contributed by atoms with van der Waals surface area (Å²) in [4.78, 5) is 78.8. The number of nitrogens with zero attached hydrogens (tertiary/aromatic N) is 5. The van der Waals surface area contributed by atoms with Gasteiger partial charge in [-0.2, -0.15) is 0 Å². The predicted octanol–water partition coefficient (Wildman–Crippen LogP) is 7.25. The number of methoxy groups -OCH3 is 1. The fraction of sp³-hybridized carbons (Fsp3) is 0.333. The van der Waals surface area contributed by atoms with Crippen molar-refractivity contribution in [1.82, 2.24) is 20.1 Å². The van der Waals surface area contributed by atoms with Crippen molar-refractivity contribution in [3.8, 4) is 17.2 Å². The number of ketones is 2. The van der Waals surface area contributed by atoms with Gasteiger partial charge in [0.2, 0.25) is 11.8 Å². The summed E-state index contributed by atoms with van der Waals surface area (Å²) >= 11 is 0. The van der Waals surface area contributed by atoms with Crippen molar-refractivity contribution >= 4 is 63.1 Å². The van der Waals surface area contributed by atoms with Gasteiger partial charge in [0.25, 0.3) is 0 Å². The number of carbonyl (C=O) groups is 5. The van der Waals surface area contributed by atoms with Gasteiger partial charge in [-0.3, -0.25) is 29.1 Å². The highest BCUT2D eigenvalue weighted by molar-refractivity contribution is 6.30. The van der Waals surface area contributed by atoms with Crippen molar-refractivity contribution in [2.24, 2.45) is 11.3 Å². The van der Waals surface area contributed by atoms with Crippen LogP contribution in [0.25, 0.3) is 10.9 Å². The van der Waals surface area contributed by atoms with Crippen LogP contribution in [0.4, 0.5) is 31.9 Å². The van der Waals surface area contributed by atoms with E-state index in [4.69, 9.17) is 9.47 Å². The summed E-state index contributed by atoms with van der Waals surface area (Å²) in [6, 6.07) is 22.1. The molecule has 3 N–H and O–H groups in total. The number of amides is 4. The number of nitrogens with one attached hydrogen (secondary N) is 3. The number of piperidine rings is 1. The molecule has 0 radical (unpaired) electrons. The van der Waals surface area contributed by atoms with Gasteiger partial charge in [-0.05, 0) is 117 Å². The minimum atomic E-state index is -1.17. The van der Waals surface area contributed by atoms with E-state index in [1.165, 1.54) is 29.2 Å². The average molecular weight is 907 g/mol. The zero-order chi connectivity index (χ0) is 46.4. The second-order valence-electron chi connectivity index (χ2n) is 18.0. The Bertz CT molecular complexity index is 2800. The van der Waals surface area contributed by atoms with Crippen molar-refractivity contribution in [3.63, 3.8) is 0 Å². The quantitative estimate of drug-likeness (QED) is 0.108. The number of aromatic nitrogens is 1. The number of carbonyl (C=O) groups excluding carboxylic acids is 5. The zero-order valence-corrected chi connectivity index (χ0v) is 37.2. The molecule has 10 rings (SSSR count). The monoisotopic (exact) mass is 906 g/mol. The Morgan fingerprint density at radius 2 is 1.46 bits per heavy atom. The van der Waals surface area contributed by atoms with E-state index in [1.54, 1.807) is 49.7 Å². The van der Waals surface area contributed by atoms with Crippen molar-refractivity contribution in [2.45, 2.75) is 38.1 Å². The van der Waals surface area contributed by atoms with Crippen LogP contribution in [0.1, 0.15) is 52.8 Å². The molecule has 3 saturated heterocycles. The number of pyridine rings is 1. The Labute approximate surface area is 386 Å². The molecule has 1 saturated carbocycles. The molecule has 0 bridgehead atoms. The third-order valence-corrected chi connectivity index (χ3v) is 13.8. The van der Waals surface area contributed by atoms with Crippen LogP contribution < -0.4 is 35.2 Å². The second-order valence-corrected chi connectivity index (χ2v) is 18.0. The average Bonchev–Trinajstić information content (AvgIpc) is 4.12. The van der Waals surface area contributed by atoms with E-state index in [-0.39, 0.29) is 18.1 Å². The van der Waals surface area contributed by atoms with Gasteiger partial charge in [0, 0.05) is 104 Å². The first-order valence-corrected chi connectivity index (χ1v) is 22.8. The van der Waals surface area contributed by atoms with Gasteiger partial charge in [0.15, 0.2) is 17.6 Å². The number of benzene rings is 4. The van der Waals surface area contributed by atoms with Crippen LogP contribution in [0.3, 0.4) is 0 Å². The van der Waals surface area contributed by atoms with Crippen LogP contribution >= 0.6 is 0 Å². The first-order valence-electron chi connectivity index (χ1n) is 22.8. The van der Waals surface area contributed by atoms with Crippen LogP contribution in [-0.4, -0.2) is 110 Å². The number of halogens is 1. The SMILES string of the molecule is C=C1CCN(C2C(=O)c3ccc(N4CCN(CC5CCN(c6cc7nccc(Oc8ccc(NC(=O)C9(C(=O)Nc%10ccc(F)cc%10)CC9)cc8)c7cc6OC)CC5)CC4)cc3C2=O)C(=O)N1. The summed E-state index contributed by atoms with van der Waals surface area (Å²) < 4.78 is 25.6. The number of fused-ring (bicyclic) bond motifs is 2. The number of rotatable bonds is 12. The molecule has 15 nitrogen and oxygen atoms in total. The molecule has 1 unspecified atom stereocenters. The lowest BCUT2D eigenvalue weighted by Gasteiger charge is -2.40. The first kappa shape index (κ1) is 43.6. The minimum absolute atomic E-state index is 0.280. The van der Waals surface area contributed by atoms with Gasteiger partial charge in [-0.1, -0.05) is 6.58 Å². The Balaban J connectivity index is 0.716. The molecule has 5 aliphatic rings. The third kappa shape index (κ3) is 8.64. The number of anilines is 4. The molecule has 1 atom stereocenters. The van der Waals surface area contributed by atoms with Crippen molar-refractivity contribution in [2.75, 3.05) is 79.9 Å². The molecular weight excluding hydrogens is 856 g/mol. The lowest BCUT2D eigenvalue weighted by Crippen LogP contribution is -2.54. The molecule has 0 spiro atoms.